The highest BCUT2D eigenvalue weighted by molar-refractivity contribution is 5.88. The maximum atomic E-state index is 10.9. The minimum Gasteiger partial charge on any atom is -0.478 e. The lowest BCUT2D eigenvalue weighted by Gasteiger charge is -2.14. The molecule has 0 saturated carbocycles. The molecule has 2 rings (SSSR count). The van der Waals surface area contributed by atoms with Crippen LogP contribution in [0, 0.1) is 0 Å². The zero-order valence-corrected chi connectivity index (χ0v) is 12.3. The fraction of sp³-hybridized carbons (Fsp3) is 0.278. The molecule has 21 heavy (non-hydrogen) atoms. The lowest BCUT2D eigenvalue weighted by molar-refractivity contribution is 0.0697. The lowest BCUT2D eigenvalue weighted by Crippen LogP contribution is -2.06. The highest BCUT2D eigenvalue weighted by Crippen LogP contribution is 2.26. The Labute approximate surface area is 125 Å². The average Bonchev–Trinajstić information content (AvgIpc) is 2.53. The Morgan fingerprint density at radius 3 is 2.00 bits per heavy atom. The summed E-state index contributed by atoms with van der Waals surface area (Å²) in [6.45, 7) is 2.88. The molecule has 0 heterocycles. The first-order valence-electron chi connectivity index (χ1n) is 7.29. The molecule has 2 aromatic carbocycles. The van der Waals surface area contributed by atoms with Gasteiger partial charge in [-0.25, -0.2) is 4.79 Å². The van der Waals surface area contributed by atoms with E-state index < -0.39 is 5.97 Å². The van der Waals surface area contributed by atoms with Crippen molar-refractivity contribution in [2.75, 3.05) is 6.54 Å². The van der Waals surface area contributed by atoms with Crippen molar-refractivity contribution in [3.8, 4) is 11.1 Å². The molecule has 3 heteroatoms. The minimum atomic E-state index is -0.899. The van der Waals surface area contributed by atoms with Gasteiger partial charge in [0.2, 0.25) is 0 Å². The molecule has 3 N–H and O–H groups in total. The summed E-state index contributed by atoms with van der Waals surface area (Å²) in [5.41, 5.74) is 9.40. The third kappa shape index (κ3) is 3.70. The second-order valence-corrected chi connectivity index (χ2v) is 5.19. The average molecular weight is 283 g/mol. The second kappa shape index (κ2) is 7.04. The first-order chi connectivity index (χ1) is 10.2. The van der Waals surface area contributed by atoms with Crippen LogP contribution in [0.3, 0.4) is 0 Å². The molecule has 0 saturated heterocycles. The van der Waals surface area contributed by atoms with Crippen molar-refractivity contribution in [2.45, 2.75) is 25.7 Å². The van der Waals surface area contributed by atoms with E-state index in [2.05, 4.69) is 31.2 Å². The quantitative estimate of drug-likeness (QED) is 0.845. The van der Waals surface area contributed by atoms with Crippen molar-refractivity contribution in [3.05, 3.63) is 59.7 Å². The van der Waals surface area contributed by atoms with Gasteiger partial charge in [-0.2, -0.15) is 0 Å². The summed E-state index contributed by atoms with van der Waals surface area (Å²) in [5, 5.41) is 8.91. The van der Waals surface area contributed by atoms with Gasteiger partial charge in [0.15, 0.2) is 0 Å². The van der Waals surface area contributed by atoms with E-state index in [-0.39, 0.29) is 0 Å². The van der Waals surface area contributed by atoms with Crippen molar-refractivity contribution < 1.29 is 9.90 Å². The molecule has 0 amide bonds. The number of carboxylic acid groups (broad SMARTS) is 1. The highest BCUT2D eigenvalue weighted by Gasteiger charge is 2.09. The SMILES string of the molecule is CCC(CCN)c1ccc(-c2ccc(C(=O)O)cc2)cc1. The number of nitrogens with two attached hydrogens (primary N) is 1. The van der Waals surface area contributed by atoms with E-state index in [1.165, 1.54) is 5.56 Å². The molecule has 0 radical (unpaired) electrons. The highest BCUT2D eigenvalue weighted by atomic mass is 16.4. The van der Waals surface area contributed by atoms with Crippen molar-refractivity contribution >= 4 is 5.97 Å². The van der Waals surface area contributed by atoms with Crippen LogP contribution < -0.4 is 5.73 Å². The minimum absolute atomic E-state index is 0.310. The topological polar surface area (TPSA) is 63.3 Å². The Balaban J connectivity index is 2.20. The van der Waals surface area contributed by atoms with Gasteiger partial charge in [-0.3, -0.25) is 0 Å². The predicted molar refractivity (Wildman–Crippen MR) is 85.5 cm³/mol. The summed E-state index contributed by atoms with van der Waals surface area (Å²) >= 11 is 0. The van der Waals surface area contributed by atoms with E-state index in [9.17, 15) is 4.79 Å². The van der Waals surface area contributed by atoms with Crippen molar-refractivity contribution in [3.63, 3.8) is 0 Å². The Bertz CT molecular complexity index is 588. The predicted octanol–water partition coefficient (Wildman–Crippen LogP) is 3.89. The molecule has 0 aliphatic carbocycles. The van der Waals surface area contributed by atoms with E-state index in [0.717, 1.165) is 24.0 Å². The molecule has 0 fully saturated rings. The lowest BCUT2D eigenvalue weighted by atomic mass is 9.91. The number of carboxylic acids is 1. The van der Waals surface area contributed by atoms with Gasteiger partial charge in [-0.1, -0.05) is 43.3 Å². The standard InChI is InChI=1S/C18H21NO2/c1-2-13(11-12-19)14-3-5-15(6-4-14)16-7-9-17(10-8-16)18(20)21/h3-10,13H,2,11-12,19H2,1H3,(H,20,21). The first kappa shape index (κ1) is 15.3. The number of carbonyl (C=O) groups is 1. The molecule has 1 unspecified atom stereocenters. The molecule has 0 spiro atoms. The Kier molecular flexibility index (Phi) is 5.12. The number of aromatic carboxylic acids is 1. The van der Waals surface area contributed by atoms with Crippen LogP contribution in [0.2, 0.25) is 0 Å². The van der Waals surface area contributed by atoms with Gasteiger partial charge in [-0.05, 0) is 54.1 Å². The van der Waals surface area contributed by atoms with Gasteiger partial charge in [0.05, 0.1) is 5.56 Å². The summed E-state index contributed by atoms with van der Waals surface area (Å²) in [7, 11) is 0. The molecule has 110 valence electrons. The summed E-state index contributed by atoms with van der Waals surface area (Å²) < 4.78 is 0. The summed E-state index contributed by atoms with van der Waals surface area (Å²) in [4.78, 5) is 10.9. The zero-order valence-electron chi connectivity index (χ0n) is 12.3. The molecule has 0 aliphatic rings. The van der Waals surface area contributed by atoms with Crippen molar-refractivity contribution in [1.82, 2.24) is 0 Å². The maximum absolute atomic E-state index is 10.9. The van der Waals surface area contributed by atoms with Crippen LogP contribution in [0.25, 0.3) is 11.1 Å². The van der Waals surface area contributed by atoms with Gasteiger partial charge in [0.25, 0.3) is 0 Å². The van der Waals surface area contributed by atoms with Crippen LogP contribution in [-0.4, -0.2) is 17.6 Å². The molecule has 1 atom stereocenters. The zero-order chi connectivity index (χ0) is 15.2. The molecule has 0 aromatic heterocycles. The Morgan fingerprint density at radius 1 is 1.05 bits per heavy atom. The summed E-state index contributed by atoms with van der Waals surface area (Å²) in [6, 6.07) is 15.4. The van der Waals surface area contributed by atoms with E-state index in [1.807, 2.05) is 12.1 Å². The summed E-state index contributed by atoms with van der Waals surface area (Å²) in [6.07, 6.45) is 2.09. The normalized spacial score (nSPS) is 12.1. The number of hydrogen-bond acceptors (Lipinski definition) is 2. The van der Waals surface area contributed by atoms with E-state index >= 15 is 0 Å². The Morgan fingerprint density at radius 2 is 1.57 bits per heavy atom. The van der Waals surface area contributed by atoms with Crippen LogP contribution in [0.1, 0.15) is 41.6 Å². The first-order valence-corrected chi connectivity index (χ1v) is 7.29. The summed E-state index contributed by atoms with van der Waals surface area (Å²) in [5.74, 6) is -0.386. The monoisotopic (exact) mass is 283 g/mol. The van der Waals surface area contributed by atoms with Gasteiger partial charge < -0.3 is 10.8 Å². The third-order valence-electron chi connectivity index (χ3n) is 3.86. The van der Waals surface area contributed by atoms with Gasteiger partial charge in [-0.15, -0.1) is 0 Å². The molecule has 2 aromatic rings. The molecule has 0 bridgehead atoms. The molecular formula is C18H21NO2. The smallest absolute Gasteiger partial charge is 0.335 e. The fourth-order valence-corrected chi connectivity index (χ4v) is 2.56. The number of benzene rings is 2. The second-order valence-electron chi connectivity index (χ2n) is 5.19. The number of hydrogen-bond donors (Lipinski definition) is 2. The van der Waals surface area contributed by atoms with Gasteiger partial charge in [0, 0.05) is 0 Å². The Hall–Kier alpha value is -2.13. The fourth-order valence-electron chi connectivity index (χ4n) is 2.56. The van der Waals surface area contributed by atoms with E-state index in [4.69, 9.17) is 10.8 Å². The van der Waals surface area contributed by atoms with Crippen LogP contribution >= 0.6 is 0 Å². The van der Waals surface area contributed by atoms with Gasteiger partial charge >= 0.3 is 5.97 Å². The maximum Gasteiger partial charge on any atom is 0.335 e. The van der Waals surface area contributed by atoms with Crippen molar-refractivity contribution in [2.24, 2.45) is 5.73 Å². The van der Waals surface area contributed by atoms with Gasteiger partial charge in [0.1, 0.15) is 0 Å². The largest absolute Gasteiger partial charge is 0.478 e. The van der Waals surface area contributed by atoms with Crippen LogP contribution in [0.4, 0.5) is 0 Å². The molecular weight excluding hydrogens is 262 g/mol. The van der Waals surface area contributed by atoms with E-state index in [1.54, 1.807) is 12.1 Å². The third-order valence-corrected chi connectivity index (χ3v) is 3.86. The molecule has 0 aliphatic heterocycles. The van der Waals surface area contributed by atoms with Crippen LogP contribution in [0.5, 0.6) is 0 Å². The van der Waals surface area contributed by atoms with Crippen molar-refractivity contribution in [1.29, 1.82) is 0 Å². The molecule has 3 nitrogen and oxygen atoms in total. The van der Waals surface area contributed by atoms with Crippen LogP contribution in [0.15, 0.2) is 48.5 Å². The number of rotatable bonds is 6. The van der Waals surface area contributed by atoms with Crippen LogP contribution in [-0.2, 0) is 0 Å². The van der Waals surface area contributed by atoms with E-state index in [0.29, 0.717) is 18.0 Å².